The maximum absolute atomic E-state index is 12.4. The quantitative estimate of drug-likeness (QED) is 0.809. The number of halogens is 1. The Morgan fingerprint density at radius 3 is 2.52 bits per heavy atom. The minimum absolute atomic E-state index is 0.0896. The van der Waals surface area contributed by atoms with Crippen LogP contribution in [0.3, 0.4) is 0 Å². The van der Waals surface area contributed by atoms with E-state index in [-0.39, 0.29) is 4.90 Å². The standard InChI is InChI=1S/C14H15BrN2O3S/c1-9-3-6-14(20-2)13(7-9)17-21(18,19)10-4-5-11(15)12(16)8-10/h3-8,17H,16H2,1-2H3. The van der Waals surface area contributed by atoms with Crippen LogP contribution in [-0.2, 0) is 10.0 Å². The van der Waals surface area contributed by atoms with E-state index >= 15 is 0 Å². The van der Waals surface area contributed by atoms with Crippen LogP contribution in [0.4, 0.5) is 11.4 Å². The van der Waals surface area contributed by atoms with Gasteiger partial charge in [0.25, 0.3) is 10.0 Å². The second-order valence-electron chi connectivity index (χ2n) is 4.49. The summed E-state index contributed by atoms with van der Waals surface area (Å²) in [7, 11) is -2.25. The Hall–Kier alpha value is -1.73. The SMILES string of the molecule is COc1ccc(C)cc1NS(=O)(=O)c1ccc(Br)c(N)c1. The van der Waals surface area contributed by atoms with Crippen molar-refractivity contribution >= 4 is 37.3 Å². The average molecular weight is 371 g/mol. The number of ether oxygens (including phenoxy) is 1. The van der Waals surface area contributed by atoms with Crippen LogP contribution in [0, 0.1) is 6.92 Å². The molecule has 0 saturated heterocycles. The minimum atomic E-state index is -3.73. The number of nitrogen functional groups attached to an aromatic ring is 1. The molecular weight excluding hydrogens is 356 g/mol. The molecule has 2 aromatic rings. The predicted octanol–water partition coefficient (Wildman–Crippen LogP) is 3.15. The van der Waals surface area contributed by atoms with Gasteiger partial charge in [-0.2, -0.15) is 0 Å². The van der Waals surface area contributed by atoms with Gasteiger partial charge in [-0.05, 0) is 58.7 Å². The maximum atomic E-state index is 12.4. The lowest BCUT2D eigenvalue weighted by Crippen LogP contribution is -2.14. The topological polar surface area (TPSA) is 81.4 Å². The second kappa shape index (κ2) is 5.95. The highest BCUT2D eigenvalue weighted by molar-refractivity contribution is 9.10. The number of hydrogen-bond acceptors (Lipinski definition) is 4. The van der Waals surface area contributed by atoms with Crippen molar-refractivity contribution in [3.8, 4) is 5.75 Å². The molecule has 112 valence electrons. The smallest absolute Gasteiger partial charge is 0.262 e. The summed E-state index contributed by atoms with van der Waals surface area (Å²) in [5.74, 6) is 0.453. The van der Waals surface area contributed by atoms with Crippen molar-refractivity contribution in [1.82, 2.24) is 0 Å². The van der Waals surface area contributed by atoms with Gasteiger partial charge < -0.3 is 10.5 Å². The lowest BCUT2D eigenvalue weighted by molar-refractivity contribution is 0.417. The molecule has 0 bridgehead atoms. The van der Waals surface area contributed by atoms with E-state index in [1.807, 2.05) is 13.0 Å². The van der Waals surface area contributed by atoms with E-state index in [2.05, 4.69) is 20.7 Å². The molecule has 0 aliphatic rings. The molecule has 0 saturated carbocycles. The van der Waals surface area contributed by atoms with E-state index in [1.165, 1.54) is 19.2 Å². The third-order valence-corrected chi connectivity index (χ3v) is 4.96. The molecule has 0 fully saturated rings. The summed E-state index contributed by atoms with van der Waals surface area (Å²) < 4.78 is 33.1. The number of anilines is 2. The summed E-state index contributed by atoms with van der Waals surface area (Å²) in [6.45, 7) is 1.87. The Balaban J connectivity index is 2.41. The second-order valence-corrected chi connectivity index (χ2v) is 7.03. The molecule has 2 rings (SSSR count). The first kappa shape index (κ1) is 15.7. The molecule has 2 aromatic carbocycles. The van der Waals surface area contributed by atoms with Crippen LogP contribution in [0.1, 0.15) is 5.56 Å². The monoisotopic (exact) mass is 370 g/mol. The van der Waals surface area contributed by atoms with Gasteiger partial charge in [0.15, 0.2) is 0 Å². The summed E-state index contributed by atoms with van der Waals surface area (Å²) in [5.41, 5.74) is 7.39. The first-order chi connectivity index (χ1) is 9.83. The molecule has 0 unspecified atom stereocenters. The molecule has 0 aliphatic carbocycles. The normalized spacial score (nSPS) is 11.2. The van der Waals surface area contributed by atoms with Crippen LogP contribution in [0.15, 0.2) is 45.8 Å². The Morgan fingerprint density at radius 1 is 1.19 bits per heavy atom. The van der Waals surface area contributed by atoms with Crippen LogP contribution in [0.25, 0.3) is 0 Å². The Kier molecular flexibility index (Phi) is 4.43. The van der Waals surface area contributed by atoms with Gasteiger partial charge in [-0.25, -0.2) is 8.42 Å². The fourth-order valence-electron chi connectivity index (χ4n) is 1.79. The number of nitrogens with two attached hydrogens (primary N) is 1. The number of benzene rings is 2. The van der Waals surface area contributed by atoms with Crippen LogP contribution in [0.2, 0.25) is 0 Å². The highest BCUT2D eigenvalue weighted by Gasteiger charge is 2.17. The average Bonchev–Trinajstić information content (AvgIpc) is 2.41. The largest absolute Gasteiger partial charge is 0.495 e. The molecule has 0 aromatic heterocycles. The lowest BCUT2D eigenvalue weighted by Gasteiger charge is -2.13. The third-order valence-electron chi connectivity index (χ3n) is 2.88. The number of nitrogens with one attached hydrogen (secondary N) is 1. The van der Waals surface area contributed by atoms with Crippen molar-refractivity contribution in [3.05, 3.63) is 46.4 Å². The molecule has 0 radical (unpaired) electrons. The van der Waals surface area contributed by atoms with Crippen LogP contribution in [-0.4, -0.2) is 15.5 Å². The molecule has 7 heteroatoms. The molecule has 0 spiro atoms. The zero-order valence-electron chi connectivity index (χ0n) is 11.6. The summed E-state index contributed by atoms with van der Waals surface area (Å²) in [6.07, 6.45) is 0. The van der Waals surface area contributed by atoms with Crippen molar-refractivity contribution in [3.63, 3.8) is 0 Å². The molecule has 0 amide bonds. The fraction of sp³-hybridized carbons (Fsp3) is 0.143. The van der Waals surface area contributed by atoms with E-state index in [0.29, 0.717) is 21.6 Å². The van der Waals surface area contributed by atoms with Gasteiger partial charge in [-0.15, -0.1) is 0 Å². The molecule has 0 atom stereocenters. The van der Waals surface area contributed by atoms with E-state index in [9.17, 15) is 8.42 Å². The molecule has 0 heterocycles. The van der Waals surface area contributed by atoms with Gasteiger partial charge in [0.2, 0.25) is 0 Å². The van der Waals surface area contributed by atoms with Crippen LogP contribution >= 0.6 is 15.9 Å². The van der Waals surface area contributed by atoms with Crippen LogP contribution in [0.5, 0.6) is 5.75 Å². The molecule has 21 heavy (non-hydrogen) atoms. The zero-order chi connectivity index (χ0) is 15.6. The zero-order valence-corrected chi connectivity index (χ0v) is 14.0. The van der Waals surface area contributed by atoms with E-state index in [1.54, 1.807) is 18.2 Å². The fourth-order valence-corrected chi connectivity index (χ4v) is 3.14. The highest BCUT2D eigenvalue weighted by Crippen LogP contribution is 2.29. The molecular formula is C14H15BrN2O3S. The van der Waals surface area contributed by atoms with Gasteiger partial charge in [-0.1, -0.05) is 6.07 Å². The van der Waals surface area contributed by atoms with E-state index in [0.717, 1.165) is 5.56 Å². The summed E-state index contributed by atoms with van der Waals surface area (Å²) in [4.78, 5) is 0.0896. The Bertz CT molecular complexity index is 776. The number of methoxy groups -OCH3 is 1. The van der Waals surface area contributed by atoms with Crippen molar-refractivity contribution in [2.24, 2.45) is 0 Å². The van der Waals surface area contributed by atoms with Crippen molar-refractivity contribution in [2.75, 3.05) is 17.6 Å². The number of sulfonamides is 1. The maximum Gasteiger partial charge on any atom is 0.262 e. The van der Waals surface area contributed by atoms with Gasteiger partial charge in [0.1, 0.15) is 5.75 Å². The molecule has 5 nitrogen and oxygen atoms in total. The minimum Gasteiger partial charge on any atom is -0.495 e. The van der Waals surface area contributed by atoms with Gasteiger partial charge >= 0.3 is 0 Å². The lowest BCUT2D eigenvalue weighted by atomic mass is 10.2. The number of hydrogen-bond donors (Lipinski definition) is 2. The Morgan fingerprint density at radius 2 is 1.90 bits per heavy atom. The van der Waals surface area contributed by atoms with E-state index in [4.69, 9.17) is 10.5 Å². The summed E-state index contributed by atoms with van der Waals surface area (Å²) in [6, 6.07) is 9.73. The van der Waals surface area contributed by atoms with Crippen molar-refractivity contribution in [1.29, 1.82) is 0 Å². The molecule has 0 aliphatic heterocycles. The van der Waals surface area contributed by atoms with E-state index < -0.39 is 10.0 Å². The number of aryl methyl sites for hydroxylation is 1. The highest BCUT2D eigenvalue weighted by atomic mass is 79.9. The summed E-state index contributed by atoms with van der Waals surface area (Å²) in [5, 5.41) is 0. The first-order valence-corrected chi connectivity index (χ1v) is 8.33. The van der Waals surface area contributed by atoms with Gasteiger partial charge in [-0.3, -0.25) is 4.72 Å². The van der Waals surface area contributed by atoms with Crippen molar-refractivity contribution < 1.29 is 13.2 Å². The first-order valence-electron chi connectivity index (χ1n) is 6.06. The van der Waals surface area contributed by atoms with Crippen LogP contribution < -0.4 is 15.2 Å². The third kappa shape index (κ3) is 3.48. The van der Waals surface area contributed by atoms with Crippen molar-refractivity contribution in [2.45, 2.75) is 11.8 Å². The van der Waals surface area contributed by atoms with Gasteiger partial charge in [0, 0.05) is 10.2 Å². The molecule has 3 N–H and O–H groups in total. The van der Waals surface area contributed by atoms with Gasteiger partial charge in [0.05, 0.1) is 17.7 Å². The Labute approximate surface area is 132 Å². The summed E-state index contributed by atoms with van der Waals surface area (Å²) >= 11 is 3.24. The predicted molar refractivity (Wildman–Crippen MR) is 87.1 cm³/mol. The number of rotatable bonds is 4.